The van der Waals surface area contributed by atoms with Crippen molar-refractivity contribution < 1.29 is 43.1 Å². The second-order valence-corrected chi connectivity index (χ2v) is 3.88. The Morgan fingerprint density at radius 2 is 1.24 bits per heavy atom. The predicted octanol–water partition coefficient (Wildman–Crippen LogP) is -4.27. The Bertz CT molecular complexity index is 259. The zero-order valence-electron chi connectivity index (χ0n) is 8.66. The Balaban J connectivity index is 0. The van der Waals surface area contributed by atoms with Gasteiger partial charge in [0.1, 0.15) is 18.3 Å². The first-order valence-electron chi connectivity index (χ1n) is 4.27. The molecule has 0 aromatic heterocycles. The van der Waals surface area contributed by atoms with Crippen molar-refractivity contribution in [1.82, 2.24) is 0 Å². The molecule has 0 heterocycles. The molecule has 9 N–H and O–H groups in total. The molecule has 10 nitrogen and oxygen atoms in total. The second kappa shape index (κ2) is 8.68. The minimum absolute atomic E-state index is 0.226. The van der Waals surface area contributed by atoms with E-state index in [4.69, 9.17) is 48.8 Å². The minimum atomic E-state index is -4.67. The molecule has 0 unspecified atom stereocenters. The average molecular weight is 279 g/mol. The van der Waals surface area contributed by atoms with Gasteiger partial charge in [0.25, 0.3) is 0 Å². The summed E-state index contributed by atoms with van der Waals surface area (Å²) in [5.41, 5.74) is 4.99. The topological polar surface area (TPSA) is 202 Å². The molecule has 0 aromatic rings. The Kier molecular flexibility index (Phi) is 9.69. The second-order valence-electron chi connectivity index (χ2n) is 2.98. The number of aliphatic hydroxyl groups is 5. The van der Waals surface area contributed by atoms with E-state index in [1.165, 1.54) is 0 Å². The van der Waals surface area contributed by atoms with Gasteiger partial charge >= 0.3 is 10.4 Å². The van der Waals surface area contributed by atoms with Crippen LogP contribution in [-0.2, 0) is 10.4 Å². The van der Waals surface area contributed by atoms with Gasteiger partial charge in [-0.1, -0.05) is 0 Å². The molecule has 11 heteroatoms. The van der Waals surface area contributed by atoms with Gasteiger partial charge in [-0.25, -0.2) is 0 Å². The Morgan fingerprint density at radius 3 is 1.47 bits per heavy atom. The van der Waals surface area contributed by atoms with Crippen LogP contribution in [-0.4, -0.2) is 80.6 Å². The van der Waals surface area contributed by atoms with E-state index < -0.39 is 41.4 Å². The number of nitrogens with two attached hydrogens (primary N) is 1. The van der Waals surface area contributed by atoms with Gasteiger partial charge < -0.3 is 31.3 Å². The molecule has 0 aliphatic carbocycles. The molecule has 0 aliphatic rings. The van der Waals surface area contributed by atoms with Crippen LogP contribution in [0.25, 0.3) is 0 Å². The number of hydrogen-bond acceptors (Lipinski definition) is 8. The van der Waals surface area contributed by atoms with Crippen LogP contribution >= 0.6 is 0 Å². The molecular weight excluding hydrogens is 262 g/mol. The SMILES string of the molecule is NC[C@H](O)[C@@H](O)[C@H](O)[C@H](O)CO.O=S(=O)(O)O. The summed E-state index contributed by atoms with van der Waals surface area (Å²) in [6, 6.07) is 0. The lowest BCUT2D eigenvalue weighted by molar-refractivity contribution is -0.112. The third kappa shape index (κ3) is 11.9. The van der Waals surface area contributed by atoms with Crippen molar-refractivity contribution in [3.05, 3.63) is 0 Å². The van der Waals surface area contributed by atoms with Crippen LogP contribution < -0.4 is 5.73 Å². The molecule has 0 bridgehead atoms. The zero-order valence-corrected chi connectivity index (χ0v) is 9.47. The van der Waals surface area contributed by atoms with Gasteiger partial charge in [-0.2, -0.15) is 8.42 Å². The molecule has 0 radical (unpaired) electrons. The number of aliphatic hydroxyl groups excluding tert-OH is 5. The molecule has 106 valence electrons. The van der Waals surface area contributed by atoms with Crippen molar-refractivity contribution >= 4 is 10.4 Å². The maximum absolute atomic E-state index is 9.04. The van der Waals surface area contributed by atoms with E-state index in [1.54, 1.807) is 0 Å². The van der Waals surface area contributed by atoms with Crippen molar-refractivity contribution in [3.8, 4) is 0 Å². The molecule has 0 aromatic carbocycles. The highest BCUT2D eigenvalue weighted by Gasteiger charge is 2.28. The molecule has 0 saturated heterocycles. The molecule has 17 heavy (non-hydrogen) atoms. The molecule has 0 spiro atoms. The molecule has 0 saturated carbocycles. The first-order valence-corrected chi connectivity index (χ1v) is 5.67. The number of hydrogen-bond donors (Lipinski definition) is 8. The summed E-state index contributed by atoms with van der Waals surface area (Å²) in [5.74, 6) is 0. The van der Waals surface area contributed by atoms with Crippen LogP contribution in [0.4, 0.5) is 0 Å². The van der Waals surface area contributed by atoms with E-state index in [1.807, 2.05) is 0 Å². The van der Waals surface area contributed by atoms with Gasteiger partial charge in [0.15, 0.2) is 0 Å². The van der Waals surface area contributed by atoms with E-state index in [-0.39, 0.29) is 6.54 Å². The molecule has 4 atom stereocenters. The summed E-state index contributed by atoms with van der Waals surface area (Å²) in [5, 5.41) is 44.2. The standard InChI is InChI=1S/C6H15NO5.H2O4S/c7-1-3(9)5(11)6(12)4(10)2-8;1-5(2,3)4/h3-6,8-12H,1-2,7H2;(H2,1,2,3,4)/t3-,4+,5+,6+;/m0./s1. The van der Waals surface area contributed by atoms with E-state index in [0.717, 1.165) is 0 Å². The first kappa shape index (κ1) is 19.0. The van der Waals surface area contributed by atoms with Gasteiger partial charge in [-0.05, 0) is 0 Å². The van der Waals surface area contributed by atoms with Crippen LogP contribution in [0.2, 0.25) is 0 Å². The van der Waals surface area contributed by atoms with Crippen LogP contribution in [0.15, 0.2) is 0 Å². The van der Waals surface area contributed by atoms with Crippen molar-refractivity contribution in [2.24, 2.45) is 5.73 Å². The fourth-order valence-corrected chi connectivity index (χ4v) is 0.703. The summed E-state index contributed by atoms with van der Waals surface area (Å²) in [6.45, 7) is -0.911. The molecule has 0 amide bonds. The van der Waals surface area contributed by atoms with Crippen LogP contribution in [0, 0.1) is 0 Å². The van der Waals surface area contributed by atoms with Gasteiger partial charge in [0.2, 0.25) is 0 Å². The summed E-state index contributed by atoms with van der Waals surface area (Å²) < 4.78 is 31.6. The van der Waals surface area contributed by atoms with Crippen molar-refractivity contribution in [2.45, 2.75) is 24.4 Å². The Labute approximate surface area is 97.5 Å². The lowest BCUT2D eigenvalue weighted by Gasteiger charge is -2.24. The third-order valence-corrected chi connectivity index (χ3v) is 1.57. The van der Waals surface area contributed by atoms with Gasteiger partial charge in [0.05, 0.1) is 12.7 Å². The van der Waals surface area contributed by atoms with Crippen LogP contribution in [0.1, 0.15) is 0 Å². The van der Waals surface area contributed by atoms with Gasteiger partial charge in [0, 0.05) is 6.54 Å². The molecular formula is C6H17NO9S. The summed E-state index contributed by atoms with van der Waals surface area (Å²) in [6.07, 6.45) is -5.91. The Hall–Kier alpha value is -0.370. The fraction of sp³-hybridized carbons (Fsp3) is 1.00. The molecule has 0 rings (SSSR count). The average Bonchev–Trinajstić information content (AvgIpc) is 2.22. The summed E-state index contributed by atoms with van der Waals surface area (Å²) >= 11 is 0. The fourth-order valence-electron chi connectivity index (χ4n) is 0.703. The van der Waals surface area contributed by atoms with Crippen LogP contribution in [0.3, 0.4) is 0 Å². The Morgan fingerprint density at radius 1 is 0.941 bits per heavy atom. The van der Waals surface area contributed by atoms with Crippen molar-refractivity contribution in [2.75, 3.05) is 13.2 Å². The van der Waals surface area contributed by atoms with Gasteiger partial charge in [-0.15, -0.1) is 0 Å². The maximum Gasteiger partial charge on any atom is 0.394 e. The van der Waals surface area contributed by atoms with Crippen molar-refractivity contribution in [3.63, 3.8) is 0 Å². The smallest absolute Gasteiger partial charge is 0.394 e. The highest BCUT2D eigenvalue weighted by Crippen LogP contribution is 2.03. The normalized spacial score (nSPS) is 18.6. The first-order chi connectivity index (χ1) is 7.54. The monoisotopic (exact) mass is 279 g/mol. The summed E-state index contributed by atoms with van der Waals surface area (Å²) in [4.78, 5) is 0. The minimum Gasteiger partial charge on any atom is -0.394 e. The lowest BCUT2D eigenvalue weighted by atomic mass is 10.0. The number of rotatable bonds is 5. The highest BCUT2D eigenvalue weighted by molar-refractivity contribution is 7.79. The van der Waals surface area contributed by atoms with E-state index in [2.05, 4.69) is 0 Å². The maximum atomic E-state index is 9.04. The lowest BCUT2D eigenvalue weighted by Crippen LogP contribution is -2.48. The largest absolute Gasteiger partial charge is 0.394 e. The zero-order chi connectivity index (χ0) is 14.2. The van der Waals surface area contributed by atoms with Gasteiger partial charge in [-0.3, -0.25) is 9.11 Å². The quantitative estimate of drug-likeness (QED) is 0.227. The van der Waals surface area contributed by atoms with Crippen LogP contribution in [0.5, 0.6) is 0 Å². The van der Waals surface area contributed by atoms with E-state index in [0.29, 0.717) is 0 Å². The molecule has 0 aliphatic heterocycles. The van der Waals surface area contributed by atoms with E-state index >= 15 is 0 Å². The third-order valence-electron chi connectivity index (χ3n) is 1.57. The van der Waals surface area contributed by atoms with E-state index in [9.17, 15) is 0 Å². The molecule has 0 fully saturated rings. The summed E-state index contributed by atoms with van der Waals surface area (Å²) in [7, 11) is -4.67. The van der Waals surface area contributed by atoms with Crippen molar-refractivity contribution in [1.29, 1.82) is 0 Å². The predicted molar refractivity (Wildman–Crippen MR) is 54.3 cm³/mol. The highest BCUT2D eigenvalue weighted by atomic mass is 32.3.